The molecule has 0 atom stereocenters. The average molecular weight is 580 g/mol. The molecule has 0 saturated carbocycles. The molecule has 0 saturated heterocycles. The molecule has 0 aliphatic heterocycles. The zero-order valence-electron chi connectivity index (χ0n) is 17.4. The summed E-state index contributed by atoms with van der Waals surface area (Å²) < 4.78 is 82.6. The van der Waals surface area contributed by atoms with Crippen molar-refractivity contribution in [3.05, 3.63) is 68.7 Å². The Bertz CT molecular complexity index is 1240. The molecule has 0 radical (unpaired) electrons. The van der Waals surface area contributed by atoms with E-state index in [0.29, 0.717) is 5.56 Å². The van der Waals surface area contributed by atoms with Crippen LogP contribution in [0.25, 0.3) is 0 Å². The second kappa shape index (κ2) is 10.7. The van der Waals surface area contributed by atoms with E-state index in [1.54, 1.807) is 24.3 Å². The van der Waals surface area contributed by atoms with E-state index in [1.807, 2.05) is 0 Å². The van der Waals surface area contributed by atoms with Crippen LogP contribution in [0.4, 0.5) is 49.6 Å². The summed E-state index contributed by atoms with van der Waals surface area (Å²) in [6.07, 6.45) is -14.7. The van der Waals surface area contributed by atoms with Crippen molar-refractivity contribution in [2.24, 2.45) is 5.10 Å². The van der Waals surface area contributed by atoms with Crippen LogP contribution in [0.2, 0.25) is 0 Å². The summed E-state index contributed by atoms with van der Waals surface area (Å²) in [6, 6.07) is 10.4. The third-order valence-electron chi connectivity index (χ3n) is 4.03. The number of aromatic nitrogens is 3. The van der Waals surface area contributed by atoms with Gasteiger partial charge in [0.25, 0.3) is 17.7 Å². The Balaban J connectivity index is 1.96. The normalized spacial score (nSPS) is 12.1. The van der Waals surface area contributed by atoms with Crippen molar-refractivity contribution in [2.75, 3.05) is 10.7 Å². The Morgan fingerprint density at radius 1 is 0.972 bits per heavy atom. The van der Waals surface area contributed by atoms with E-state index in [4.69, 9.17) is 0 Å². The molecule has 10 nitrogen and oxygen atoms in total. The number of hydrogen-bond acceptors (Lipinski definition) is 9. The van der Waals surface area contributed by atoms with Crippen LogP contribution >= 0.6 is 15.9 Å². The quantitative estimate of drug-likeness (QED) is 0.153. The summed E-state index contributed by atoms with van der Waals surface area (Å²) in [4.78, 5) is 21.0. The summed E-state index contributed by atoms with van der Waals surface area (Å²) in [5.41, 5.74) is 2.15. The van der Waals surface area contributed by atoms with E-state index >= 15 is 0 Å². The monoisotopic (exact) mass is 579 g/mol. The second-order valence-electron chi connectivity index (χ2n) is 6.67. The van der Waals surface area contributed by atoms with Gasteiger partial charge in [-0.15, -0.1) is 0 Å². The van der Waals surface area contributed by atoms with E-state index in [0.717, 1.165) is 10.5 Å². The standard InChI is InChI=1S/C19H12BrF6N7O3/c20-11-7-5-10(6-8-11)9-27-32-16-29-15(28-12-3-1-2-4-13(12)33(34)35)30-17(31-16)36-14(18(21,22)23)19(24,25)26/h1-9,14H,(H2,28,29,30,31,32). The van der Waals surface area contributed by atoms with Gasteiger partial charge in [-0.3, -0.25) is 10.1 Å². The van der Waals surface area contributed by atoms with Gasteiger partial charge in [-0.25, -0.2) is 5.43 Å². The Kier molecular flexibility index (Phi) is 7.91. The first-order valence-electron chi connectivity index (χ1n) is 9.44. The highest BCUT2D eigenvalue weighted by Crippen LogP contribution is 2.36. The van der Waals surface area contributed by atoms with Gasteiger partial charge in [-0.2, -0.15) is 46.4 Å². The molecule has 0 bridgehead atoms. The first-order valence-corrected chi connectivity index (χ1v) is 10.2. The number of halogens is 7. The number of para-hydroxylation sites is 2. The molecule has 3 rings (SSSR count). The maximum absolute atomic E-state index is 13.0. The average Bonchev–Trinajstić information content (AvgIpc) is 2.77. The van der Waals surface area contributed by atoms with E-state index in [2.05, 4.69) is 51.5 Å². The summed E-state index contributed by atoms with van der Waals surface area (Å²) in [6.45, 7) is 0. The Morgan fingerprint density at radius 2 is 1.58 bits per heavy atom. The first-order chi connectivity index (χ1) is 16.8. The van der Waals surface area contributed by atoms with Crippen LogP contribution < -0.4 is 15.5 Å². The number of ether oxygens (including phenoxy) is 1. The molecule has 0 unspecified atom stereocenters. The molecule has 1 aromatic heterocycles. The number of hydrogen-bond donors (Lipinski definition) is 2. The van der Waals surface area contributed by atoms with E-state index in [9.17, 15) is 36.5 Å². The van der Waals surface area contributed by atoms with Crippen molar-refractivity contribution >= 4 is 45.4 Å². The zero-order chi connectivity index (χ0) is 26.5. The van der Waals surface area contributed by atoms with Crippen molar-refractivity contribution in [2.45, 2.75) is 18.5 Å². The number of nitrogens with one attached hydrogen (secondary N) is 2. The van der Waals surface area contributed by atoms with Crippen LogP contribution in [-0.4, -0.2) is 44.5 Å². The number of nitro groups is 1. The molecule has 0 amide bonds. The number of anilines is 3. The largest absolute Gasteiger partial charge is 0.440 e. The highest BCUT2D eigenvalue weighted by molar-refractivity contribution is 9.10. The molecule has 190 valence electrons. The predicted octanol–water partition coefficient (Wildman–Crippen LogP) is 5.60. The number of hydrazone groups is 1. The summed E-state index contributed by atoms with van der Waals surface area (Å²) in [7, 11) is 0. The molecule has 0 fully saturated rings. The van der Waals surface area contributed by atoms with Gasteiger partial charge in [-0.1, -0.05) is 40.2 Å². The fourth-order valence-corrected chi connectivity index (χ4v) is 2.78. The molecule has 2 aromatic carbocycles. The smallest absolute Gasteiger partial charge is 0.434 e. The molecule has 0 aliphatic rings. The van der Waals surface area contributed by atoms with E-state index in [1.165, 1.54) is 24.4 Å². The molecule has 2 N–H and O–H groups in total. The minimum Gasteiger partial charge on any atom is -0.440 e. The maximum Gasteiger partial charge on any atom is 0.434 e. The minimum atomic E-state index is -5.84. The van der Waals surface area contributed by atoms with Crippen LogP contribution in [0.3, 0.4) is 0 Å². The summed E-state index contributed by atoms with van der Waals surface area (Å²) in [5, 5.41) is 17.3. The lowest BCUT2D eigenvalue weighted by Gasteiger charge is -2.22. The van der Waals surface area contributed by atoms with Gasteiger partial charge in [0.2, 0.25) is 5.95 Å². The lowest BCUT2D eigenvalue weighted by atomic mass is 10.2. The number of nitro benzene ring substituents is 1. The van der Waals surface area contributed by atoms with Gasteiger partial charge in [0.15, 0.2) is 0 Å². The Hall–Kier alpha value is -4.02. The molecule has 1 heterocycles. The zero-order valence-corrected chi connectivity index (χ0v) is 19.0. The number of benzene rings is 2. The van der Waals surface area contributed by atoms with Crippen molar-refractivity contribution < 1.29 is 36.0 Å². The van der Waals surface area contributed by atoms with Crippen molar-refractivity contribution in [1.29, 1.82) is 0 Å². The first kappa shape index (κ1) is 26.6. The second-order valence-corrected chi connectivity index (χ2v) is 7.58. The molecule has 17 heteroatoms. The van der Waals surface area contributed by atoms with Gasteiger partial charge in [0, 0.05) is 10.5 Å². The molecular formula is C19H12BrF6N7O3. The fourth-order valence-electron chi connectivity index (χ4n) is 2.51. The molecule has 3 aromatic rings. The lowest BCUT2D eigenvalue weighted by Crippen LogP contribution is -2.46. The highest BCUT2D eigenvalue weighted by atomic mass is 79.9. The predicted molar refractivity (Wildman–Crippen MR) is 118 cm³/mol. The minimum absolute atomic E-state index is 0.202. The maximum atomic E-state index is 13.0. The van der Waals surface area contributed by atoms with Gasteiger partial charge in [-0.05, 0) is 23.8 Å². The lowest BCUT2D eigenvalue weighted by molar-refractivity contribution is -0.383. The van der Waals surface area contributed by atoms with Crippen LogP contribution in [-0.2, 0) is 0 Å². The third-order valence-corrected chi connectivity index (χ3v) is 4.56. The van der Waals surface area contributed by atoms with Gasteiger partial charge in [0.1, 0.15) is 5.69 Å². The topological polar surface area (TPSA) is 127 Å². The van der Waals surface area contributed by atoms with E-state index < -0.39 is 47.0 Å². The van der Waals surface area contributed by atoms with Gasteiger partial charge >= 0.3 is 18.4 Å². The fraction of sp³-hybridized carbons (Fsp3) is 0.158. The number of nitrogens with zero attached hydrogens (tertiary/aromatic N) is 5. The van der Waals surface area contributed by atoms with E-state index in [-0.39, 0.29) is 5.69 Å². The third kappa shape index (κ3) is 7.24. The van der Waals surface area contributed by atoms with Crippen molar-refractivity contribution in [1.82, 2.24) is 15.0 Å². The Labute approximate surface area is 205 Å². The van der Waals surface area contributed by atoms with Gasteiger partial charge in [0.05, 0.1) is 11.1 Å². The Morgan fingerprint density at radius 3 is 2.19 bits per heavy atom. The molecule has 0 aliphatic carbocycles. The van der Waals surface area contributed by atoms with Crippen molar-refractivity contribution in [3.8, 4) is 6.01 Å². The number of rotatable bonds is 8. The van der Waals surface area contributed by atoms with Crippen LogP contribution in [0.1, 0.15) is 5.56 Å². The van der Waals surface area contributed by atoms with Gasteiger partial charge < -0.3 is 10.1 Å². The van der Waals surface area contributed by atoms with Crippen molar-refractivity contribution in [3.63, 3.8) is 0 Å². The van der Waals surface area contributed by atoms with Crippen LogP contribution in [0.15, 0.2) is 58.1 Å². The molecule has 36 heavy (non-hydrogen) atoms. The van der Waals surface area contributed by atoms with Crippen LogP contribution in [0.5, 0.6) is 6.01 Å². The molecule has 0 spiro atoms. The summed E-state index contributed by atoms with van der Waals surface area (Å²) in [5.74, 6) is -1.27. The number of alkyl halides is 6. The summed E-state index contributed by atoms with van der Waals surface area (Å²) >= 11 is 3.24. The van der Waals surface area contributed by atoms with Crippen LogP contribution in [0, 0.1) is 10.1 Å². The molecular weight excluding hydrogens is 568 g/mol. The highest BCUT2D eigenvalue weighted by Gasteiger charge is 2.59. The SMILES string of the molecule is O=[N+]([O-])c1ccccc1Nc1nc(NN=Cc2ccc(Br)cc2)nc(OC(C(F)(F)F)C(F)(F)F)n1.